The number of aliphatic hydroxyl groups excluding tert-OH is 1. The Morgan fingerprint density at radius 2 is 2.17 bits per heavy atom. The van der Waals surface area contributed by atoms with E-state index in [-0.39, 0.29) is 16.6 Å². The highest BCUT2D eigenvalue weighted by Crippen LogP contribution is 2.23. The Labute approximate surface area is 112 Å². The van der Waals surface area contributed by atoms with E-state index in [1.807, 2.05) is 6.92 Å². The van der Waals surface area contributed by atoms with Crippen molar-refractivity contribution in [3.8, 4) is 0 Å². The number of nitrogens with one attached hydrogen (secondary N) is 1. The number of hydrogen-bond acceptors (Lipinski definition) is 4. The summed E-state index contributed by atoms with van der Waals surface area (Å²) in [5.41, 5.74) is 0.333. The molecule has 0 saturated carbocycles. The number of aryl methyl sites for hydroxylation is 2. The second kappa shape index (κ2) is 6.01. The Balaban J connectivity index is 2.87. The van der Waals surface area contributed by atoms with Crippen LogP contribution >= 0.6 is 11.6 Å². The zero-order valence-electron chi connectivity index (χ0n) is 10.6. The zero-order valence-corrected chi connectivity index (χ0v) is 12.2. The summed E-state index contributed by atoms with van der Waals surface area (Å²) in [7, 11) is -2.17. The number of nitrogens with zero attached hydrogens (tertiary/aromatic N) is 2. The van der Waals surface area contributed by atoms with Gasteiger partial charge in [0.2, 0.25) is 10.0 Å². The molecule has 1 heterocycles. The van der Waals surface area contributed by atoms with Crippen LogP contribution in [0.3, 0.4) is 0 Å². The van der Waals surface area contributed by atoms with Crippen molar-refractivity contribution < 1.29 is 13.5 Å². The van der Waals surface area contributed by atoms with Gasteiger partial charge in [-0.05, 0) is 13.3 Å². The van der Waals surface area contributed by atoms with Crippen LogP contribution in [0.5, 0.6) is 0 Å². The molecule has 0 aromatic carbocycles. The second-order valence-electron chi connectivity index (χ2n) is 4.12. The summed E-state index contributed by atoms with van der Waals surface area (Å²) in [6.07, 6.45) is 0.637. The first-order chi connectivity index (χ1) is 8.29. The van der Waals surface area contributed by atoms with E-state index in [0.717, 1.165) is 6.42 Å². The third kappa shape index (κ3) is 3.44. The van der Waals surface area contributed by atoms with E-state index in [1.54, 1.807) is 14.0 Å². The number of sulfonamides is 1. The monoisotopic (exact) mass is 295 g/mol. The standard InChI is InChI=1S/C10H18ClN3O3S/c1-4-5-8(15)6-12-18(16,17)9-7(2)13-14(3)10(9)11/h8,12,15H,4-6H2,1-3H3. The molecule has 1 rings (SSSR count). The fourth-order valence-corrected chi connectivity index (χ4v) is 3.45. The van der Waals surface area contributed by atoms with Crippen LogP contribution in [-0.4, -0.2) is 36.0 Å². The number of rotatable bonds is 6. The molecule has 0 spiro atoms. The highest BCUT2D eigenvalue weighted by atomic mass is 35.5. The molecule has 0 fully saturated rings. The summed E-state index contributed by atoms with van der Waals surface area (Å²) >= 11 is 5.89. The van der Waals surface area contributed by atoms with Gasteiger partial charge in [0.25, 0.3) is 0 Å². The summed E-state index contributed by atoms with van der Waals surface area (Å²) in [6.45, 7) is 3.46. The Hall–Kier alpha value is -0.630. The van der Waals surface area contributed by atoms with Crippen LogP contribution in [0, 0.1) is 6.92 Å². The summed E-state index contributed by atoms with van der Waals surface area (Å²) in [6, 6.07) is 0. The van der Waals surface area contributed by atoms with Gasteiger partial charge in [0.1, 0.15) is 10.0 Å². The fraction of sp³-hybridized carbons (Fsp3) is 0.700. The largest absolute Gasteiger partial charge is 0.392 e. The van der Waals surface area contributed by atoms with Crippen LogP contribution in [-0.2, 0) is 17.1 Å². The lowest BCUT2D eigenvalue weighted by atomic mass is 10.2. The molecule has 1 atom stereocenters. The van der Waals surface area contributed by atoms with Gasteiger partial charge in [-0.2, -0.15) is 5.10 Å². The maximum atomic E-state index is 12.0. The molecular weight excluding hydrogens is 278 g/mol. The summed E-state index contributed by atoms with van der Waals surface area (Å²) in [5.74, 6) is 0. The molecule has 104 valence electrons. The molecule has 18 heavy (non-hydrogen) atoms. The number of aliphatic hydroxyl groups is 1. The first kappa shape index (κ1) is 15.4. The van der Waals surface area contributed by atoms with Gasteiger partial charge < -0.3 is 5.11 Å². The molecule has 1 aromatic rings. The van der Waals surface area contributed by atoms with Crippen LogP contribution in [0.15, 0.2) is 4.90 Å². The van der Waals surface area contributed by atoms with E-state index in [1.165, 1.54) is 4.68 Å². The minimum absolute atomic E-state index is 0.0269. The van der Waals surface area contributed by atoms with E-state index in [4.69, 9.17) is 11.6 Å². The van der Waals surface area contributed by atoms with E-state index >= 15 is 0 Å². The van der Waals surface area contributed by atoms with Crippen molar-refractivity contribution in [3.63, 3.8) is 0 Å². The molecule has 1 aromatic heterocycles. The molecule has 6 nitrogen and oxygen atoms in total. The molecule has 0 amide bonds. The highest BCUT2D eigenvalue weighted by molar-refractivity contribution is 7.89. The lowest BCUT2D eigenvalue weighted by Gasteiger charge is -2.11. The topological polar surface area (TPSA) is 84.2 Å². The lowest BCUT2D eigenvalue weighted by molar-refractivity contribution is 0.167. The van der Waals surface area contributed by atoms with Gasteiger partial charge in [-0.1, -0.05) is 24.9 Å². The Kier molecular flexibility index (Phi) is 5.15. The minimum atomic E-state index is -3.74. The van der Waals surface area contributed by atoms with Gasteiger partial charge in [0.15, 0.2) is 0 Å². The fourth-order valence-electron chi connectivity index (χ4n) is 1.63. The van der Waals surface area contributed by atoms with Crippen LogP contribution in [0.4, 0.5) is 0 Å². The molecule has 2 N–H and O–H groups in total. The van der Waals surface area contributed by atoms with Crippen molar-refractivity contribution in [2.75, 3.05) is 6.54 Å². The quantitative estimate of drug-likeness (QED) is 0.814. The Morgan fingerprint density at radius 3 is 2.61 bits per heavy atom. The molecule has 0 aliphatic heterocycles. The van der Waals surface area contributed by atoms with Gasteiger partial charge in [0.05, 0.1) is 11.8 Å². The average Bonchev–Trinajstić information content (AvgIpc) is 2.51. The lowest BCUT2D eigenvalue weighted by Crippen LogP contribution is -2.32. The van der Waals surface area contributed by atoms with E-state index in [2.05, 4.69) is 9.82 Å². The van der Waals surface area contributed by atoms with Gasteiger partial charge in [-0.15, -0.1) is 0 Å². The van der Waals surface area contributed by atoms with Crippen molar-refractivity contribution in [2.24, 2.45) is 7.05 Å². The second-order valence-corrected chi connectivity index (χ2v) is 6.19. The van der Waals surface area contributed by atoms with Gasteiger partial charge in [-0.25, -0.2) is 13.1 Å². The Bertz CT molecular complexity index is 513. The van der Waals surface area contributed by atoms with Gasteiger partial charge in [0, 0.05) is 13.6 Å². The maximum absolute atomic E-state index is 12.0. The van der Waals surface area contributed by atoms with Crippen LogP contribution < -0.4 is 4.72 Å². The van der Waals surface area contributed by atoms with Crippen molar-refractivity contribution in [3.05, 3.63) is 10.8 Å². The van der Waals surface area contributed by atoms with E-state index in [0.29, 0.717) is 12.1 Å². The number of halogens is 1. The third-order valence-corrected chi connectivity index (χ3v) is 4.62. The van der Waals surface area contributed by atoms with E-state index < -0.39 is 16.1 Å². The maximum Gasteiger partial charge on any atom is 0.245 e. The first-order valence-electron chi connectivity index (χ1n) is 5.66. The molecule has 0 saturated heterocycles. The minimum Gasteiger partial charge on any atom is -0.392 e. The van der Waals surface area contributed by atoms with Crippen molar-refractivity contribution in [1.29, 1.82) is 0 Å². The number of aromatic nitrogens is 2. The smallest absolute Gasteiger partial charge is 0.245 e. The van der Waals surface area contributed by atoms with Crippen LogP contribution in [0.1, 0.15) is 25.5 Å². The molecule has 0 bridgehead atoms. The Morgan fingerprint density at radius 1 is 1.56 bits per heavy atom. The zero-order chi connectivity index (χ0) is 13.9. The molecule has 0 aliphatic carbocycles. The molecule has 8 heteroatoms. The molecule has 0 aliphatic rings. The molecular formula is C10H18ClN3O3S. The average molecular weight is 296 g/mol. The predicted molar refractivity (Wildman–Crippen MR) is 69.1 cm³/mol. The molecule has 1 unspecified atom stereocenters. The predicted octanol–water partition coefficient (Wildman–Crippen LogP) is 0.821. The highest BCUT2D eigenvalue weighted by Gasteiger charge is 2.25. The van der Waals surface area contributed by atoms with Crippen molar-refractivity contribution in [2.45, 2.75) is 37.7 Å². The van der Waals surface area contributed by atoms with E-state index in [9.17, 15) is 13.5 Å². The SMILES string of the molecule is CCCC(O)CNS(=O)(=O)c1c(C)nn(C)c1Cl. The summed E-state index contributed by atoms with van der Waals surface area (Å²) in [5, 5.41) is 13.5. The third-order valence-electron chi connectivity index (χ3n) is 2.50. The van der Waals surface area contributed by atoms with Crippen molar-refractivity contribution >= 4 is 21.6 Å². The van der Waals surface area contributed by atoms with Gasteiger partial charge in [-0.3, -0.25) is 4.68 Å². The molecule has 0 radical (unpaired) electrons. The normalized spacial score (nSPS) is 13.8. The summed E-state index contributed by atoms with van der Waals surface area (Å²) in [4.78, 5) is -0.0321. The van der Waals surface area contributed by atoms with Gasteiger partial charge >= 0.3 is 0 Å². The van der Waals surface area contributed by atoms with Crippen molar-refractivity contribution in [1.82, 2.24) is 14.5 Å². The number of hydrogen-bond donors (Lipinski definition) is 2. The first-order valence-corrected chi connectivity index (χ1v) is 7.52. The van der Waals surface area contributed by atoms with Crippen LogP contribution in [0.2, 0.25) is 5.15 Å². The summed E-state index contributed by atoms with van der Waals surface area (Å²) < 4.78 is 27.7. The van der Waals surface area contributed by atoms with Crippen LogP contribution in [0.25, 0.3) is 0 Å².